The highest BCUT2D eigenvalue weighted by Gasteiger charge is 2.23. The van der Waals surface area contributed by atoms with Crippen LogP contribution >= 0.6 is 0 Å². The molecule has 1 atom stereocenters. The first-order valence-corrected chi connectivity index (χ1v) is 6.33. The summed E-state index contributed by atoms with van der Waals surface area (Å²) in [4.78, 5) is 4.97. The van der Waals surface area contributed by atoms with Crippen molar-refractivity contribution in [3.63, 3.8) is 0 Å². The molecular weight excluding hydrogens is 186 g/mol. The molecule has 0 amide bonds. The minimum Gasteiger partial charge on any atom is -0.330 e. The lowest BCUT2D eigenvalue weighted by Crippen LogP contribution is -2.38. The molecule has 0 aromatic rings. The van der Waals surface area contributed by atoms with Gasteiger partial charge < -0.3 is 10.6 Å². The van der Waals surface area contributed by atoms with Gasteiger partial charge in [0.25, 0.3) is 0 Å². The van der Waals surface area contributed by atoms with Crippen LogP contribution in [-0.2, 0) is 0 Å². The number of likely N-dealkylation sites (tertiary alicyclic amines) is 1. The van der Waals surface area contributed by atoms with Crippen molar-refractivity contribution in [2.45, 2.75) is 38.1 Å². The monoisotopic (exact) mass is 213 g/mol. The molecule has 1 aliphatic heterocycles. The van der Waals surface area contributed by atoms with E-state index in [1.54, 1.807) is 0 Å². The van der Waals surface area contributed by atoms with E-state index in [2.05, 4.69) is 23.9 Å². The van der Waals surface area contributed by atoms with Gasteiger partial charge in [-0.2, -0.15) is 0 Å². The maximum Gasteiger partial charge on any atom is 0.0223 e. The average Bonchev–Trinajstić information content (AvgIpc) is 2.59. The van der Waals surface area contributed by atoms with Crippen LogP contribution in [0.1, 0.15) is 32.1 Å². The first-order chi connectivity index (χ1) is 7.24. The molecule has 0 aromatic carbocycles. The molecule has 15 heavy (non-hydrogen) atoms. The molecule has 2 N–H and O–H groups in total. The molecule has 0 bridgehead atoms. The molecule has 1 heterocycles. The highest BCUT2D eigenvalue weighted by atomic mass is 15.2. The zero-order chi connectivity index (χ0) is 11.1. The van der Waals surface area contributed by atoms with Gasteiger partial charge in [0, 0.05) is 12.6 Å². The van der Waals surface area contributed by atoms with Gasteiger partial charge in [-0.1, -0.05) is 6.42 Å². The van der Waals surface area contributed by atoms with Crippen molar-refractivity contribution in [2.75, 3.05) is 40.3 Å². The van der Waals surface area contributed by atoms with Gasteiger partial charge in [-0.25, -0.2) is 0 Å². The van der Waals surface area contributed by atoms with Gasteiger partial charge in [-0.05, 0) is 59.4 Å². The maximum atomic E-state index is 5.50. The van der Waals surface area contributed by atoms with Crippen molar-refractivity contribution in [3.05, 3.63) is 0 Å². The van der Waals surface area contributed by atoms with E-state index in [0.29, 0.717) is 0 Å². The molecule has 1 saturated heterocycles. The normalized spacial score (nSPS) is 22.8. The first-order valence-electron chi connectivity index (χ1n) is 6.33. The zero-order valence-corrected chi connectivity index (χ0v) is 10.4. The molecular formula is C12H27N3. The van der Waals surface area contributed by atoms with E-state index in [1.807, 2.05) is 0 Å². The number of hydrogen-bond donors (Lipinski definition) is 1. The summed E-state index contributed by atoms with van der Waals surface area (Å²) in [6.45, 7) is 4.65. The maximum absolute atomic E-state index is 5.50. The Morgan fingerprint density at radius 3 is 2.73 bits per heavy atom. The Morgan fingerprint density at radius 2 is 2.07 bits per heavy atom. The number of likely N-dealkylation sites (N-methyl/N-ethyl adjacent to an activating group) is 1. The quantitative estimate of drug-likeness (QED) is 0.644. The predicted molar refractivity (Wildman–Crippen MR) is 66.1 cm³/mol. The molecule has 0 spiro atoms. The SMILES string of the molecule is CN(C)CC1CCCN1CCCCCN. The predicted octanol–water partition coefficient (Wildman–Crippen LogP) is 1.14. The van der Waals surface area contributed by atoms with Crippen molar-refractivity contribution < 1.29 is 0 Å². The van der Waals surface area contributed by atoms with Crippen LogP contribution in [0.5, 0.6) is 0 Å². The number of nitrogens with zero attached hydrogens (tertiary/aromatic N) is 2. The standard InChI is InChI=1S/C12H27N3/c1-14(2)11-12-7-6-10-15(12)9-5-3-4-8-13/h12H,3-11,13H2,1-2H3. The van der Waals surface area contributed by atoms with Crippen LogP contribution in [-0.4, -0.2) is 56.1 Å². The Balaban J connectivity index is 2.15. The van der Waals surface area contributed by atoms with Gasteiger partial charge in [0.1, 0.15) is 0 Å². The minimum atomic E-state index is 0.804. The van der Waals surface area contributed by atoms with Crippen molar-refractivity contribution in [2.24, 2.45) is 5.73 Å². The summed E-state index contributed by atoms with van der Waals surface area (Å²) in [7, 11) is 4.34. The number of rotatable bonds is 7. The average molecular weight is 213 g/mol. The number of nitrogens with two attached hydrogens (primary N) is 1. The second kappa shape index (κ2) is 7.20. The van der Waals surface area contributed by atoms with Gasteiger partial charge in [0.2, 0.25) is 0 Å². The lowest BCUT2D eigenvalue weighted by atomic mass is 10.2. The number of hydrogen-bond acceptors (Lipinski definition) is 3. The van der Waals surface area contributed by atoms with Crippen LogP contribution in [0.4, 0.5) is 0 Å². The summed E-state index contributed by atoms with van der Waals surface area (Å²) in [6.07, 6.45) is 6.57. The molecule has 1 unspecified atom stereocenters. The smallest absolute Gasteiger partial charge is 0.0223 e. The van der Waals surface area contributed by atoms with E-state index >= 15 is 0 Å². The third-order valence-electron chi connectivity index (χ3n) is 3.22. The van der Waals surface area contributed by atoms with Crippen LogP contribution in [0, 0.1) is 0 Å². The fourth-order valence-electron chi connectivity index (χ4n) is 2.45. The molecule has 3 nitrogen and oxygen atoms in total. The Kier molecular flexibility index (Phi) is 6.22. The molecule has 0 radical (unpaired) electrons. The van der Waals surface area contributed by atoms with Crippen molar-refractivity contribution in [1.29, 1.82) is 0 Å². The molecule has 3 heteroatoms. The van der Waals surface area contributed by atoms with Crippen LogP contribution in [0.2, 0.25) is 0 Å². The van der Waals surface area contributed by atoms with Crippen molar-refractivity contribution in [3.8, 4) is 0 Å². The van der Waals surface area contributed by atoms with Gasteiger partial charge in [0.15, 0.2) is 0 Å². The van der Waals surface area contributed by atoms with E-state index in [1.165, 1.54) is 51.7 Å². The highest BCUT2D eigenvalue weighted by Crippen LogP contribution is 2.18. The van der Waals surface area contributed by atoms with E-state index in [9.17, 15) is 0 Å². The Labute approximate surface area is 94.6 Å². The van der Waals surface area contributed by atoms with E-state index in [-0.39, 0.29) is 0 Å². The van der Waals surface area contributed by atoms with Gasteiger partial charge in [-0.3, -0.25) is 4.90 Å². The van der Waals surface area contributed by atoms with E-state index in [4.69, 9.17) is 5.73 Å². The summed E-state index contributed by atoms with van der Waals surface area (Å²) in [5.74, 6) is 0. The number of unbranched alkanes of at least 4 members (excludes halogenated alkanes) is 2. The van der Waals surface area contributed by atoms with Gasteiger partial charge in [0.05, 0.1) is 0 Å². The Morgan fingerprint density at radius 1 is 1.27 bits per heavy atom. The summed E-state index contributed by atoms with van der Waals surface area (Å²) in [5, 5.41) is 0. The minimum absolute atomic E-state index is 0.804. The molecule has 1 rings (SSSR count). The molecule has 0 aliphatic carbocycles. The van der Waals surface area contributed by atoms with Crippen LogP contribution in [0.3, 0.4) is 0 Å². The van der Waals surface area contributed by atoms with Crippen molar-refractivity contribution in [1.82, 2.24) is 9.80 Å². The van der Waals surface area contributed by atoms with E-state index in [0.717, 1.165) is 12.6 Å². The first kappa shape index (κ1) is 12.9. The summed E-state index contributed by atoms with van der Waals surface area (Å²) in [6, 6.07) is 0.804. The van der Waals surface area contributed by atoms with Crippen LogP contribution < -0.4 is 5.73 Å². The topological polar surface area (TPSA) is 32.5 Å². The lowest BCUT2D eigenvalue weighted by molar-refractivity contribution is 0.204. The summed E-state index contributed by atoms with van der Waals surface area (Å²) >= 11 is 0. The third-order valence-corrected chi connectivity index (χ3v) is 3.22. The fraction of sp³-hybridized carbons (Fsp3) is 1.00. The summed E-state index contributed by atoms with van der Waals surface area (Å²) in [5.41, 5.74) is 5.50. The summed E-state index contributed by atoms with van der Waals surface area (Å²) < 4.78 is 0. The van der Waals surface area contributed by atoms with Crippen LogP contribution in [0.25, 0.3) is 0 Å². The fourth-order valence-corrected chi connectivity index (χ4v) is 2.45. The largest absolute Gasteiger partial charge is 0.330 e. The van der Waals surface area contributed by atoms with E-state index < -0.39 is 0 Å². The molecule has 1 aliphatic rings. The Hall–Kier alpha value is -0.120. The molecule has 0 aromatic heterocycles. The second-order valence-corrected chi connectivity index (χ2v) is 4.94. The van der Waals surface area contributed by atoms with Crippen molar-refractivity contribution >= 4 is 0 Å². The lowest BCUT2D eigenvalue weighted by Gasteiger charge is -2.26. The van der Waals surface area contributed by atoms with Crippen LogP contribution in [0.15, 0.2) is 0 Å². The van der Waals surface area contributed by atoms with Gasteiger partial charge >= 0.3 is 0 Å². The third kappa shape index (κ3) is 4.96. The molecule has 90 valence electrons. The zero-order valence-electron chi connectivity index (χ0n) is 10.4. The van der Waals surface area contributed by atoms with Gasteiger partial charge in [-0.15, -0.1) is 0 Å². The molecule has 0 saturated carbocycles. The Bertz CT molecular complexity index is 159. The molecule has 1 fully saturated rings. The highest BCUT2D eigenvalue weighted by molar-refractivity contribution is 4.80. The second-order valence-electron chi connectivity index (χ2n) is 4.94.